The Balaban J connectivity index is 1.79. The summed E-state index contributed by atoms with van der Waals surface area (Å²) in [4.78, 5) is 0. The SMILES string of the molecule is NS(=O)(=O)CCNC1CCCC1C1CCCCN1. The molecule has 5 nitrogen and oxygen atoms in total. The zero-order chi connectivity index (χ0) is 13.0. The Bertz CT molecular complexity index is 352. The van der Waals surface area contributed by atoms with E-state index in [9.17, 15) is 8.42 Å². The average molecular weight is 275 g/mol. The molecule has 0 aromatic heterocycles. The fourth-order valence-corrected chi connectivity index (χ4v) is 3.76. The van der Waals surface area contributed by atoms with Crippen LogP contribution in [0, 0.1) is 5.92 Å². The predicted octanol–water partition coefficient (Wildman–Crippen LogP) is 0.175. The minimum Gasteiger partial charge on any atom is -0.314 e. The molecule has 2 aliphatic rings. The lowest BCUT2D eigenvalue weighted by molar-refractivity contribution is 0.259. The summed E-state index contributed by atoms with van der Waals surface area (Å²) in [6.07, 6.45) is 7.52. The standard InChI is InChI=1S/C12H25N3O2S/c13-18(16,17)9-8-15-12-6-3-4-10(12)11-5-1-2-7-14-11/h10-12,14-15H,1-9H2,(H2,13,16,17). The lowest BCUT2D eigenvalue weighted by Crippen LogP contribution is -2.47. The van der Waals surface area contributed by atoms with Gasteiger partial charge < -0.3 is 10.6 Å². The van der Waals surface area contributed by atoms with Gasteiger partial charge in [0.1, 0.15) is 0 Å². The Kier molecular flexibility index (Phi) is 5.00. The minimum atomic E-state index is -3.34. The van der Waals surface area contributed by atoms with Gasteiger partial charge in [0.2, 0.25) is 10.0 Å². The minimum absolute atomic E-state index is 0.0360. The van der Waals surface area contributed by atoms with Crippen molar-refractivity contribution in [1.82, 2.24) is 10.6 Å². The summed E-state index contributed by atoms with van der Waals surface area (Å²) in [6, 6.07) is 1.08. The van der Waals surface area contributed by atoms with Crippen LogP contribution in [-0.4, -0.2) is 39.3 Å². The van der Waals surface area contributed by atoms with Crippen molar-refractivity contribution >= 4 is 10.0 Å². The molecule has 0 aromatic carbocycles. The van der Waals surface area contributed by atoms with Gasteiger partial charge in [-0.25, -0.2) is 13.6 Å². The molecule has 4 N–H and O–H groups in total. The zero-order valence-electron chi connectivity index (χ0n) is 10.9. The second kappa shape index (κ2) is 6.32. The highest BCUT2D eigenvalue weighted by Crippen LogP contribution is 2.31. The van der Waals surface area contributed by atoms with E-state index in [2.05, 4.69) is 10.6 Å². The summed E-state index contributed by atoms with van der Waals surface area (Å²) in [5.74, 6) is 0.694. The Morgan fingerprint density at radius 1 is 1.17 bits per heavy atom. The Morgan fingerprint density at radius 2 is 2.00 bits per heavy atom. The molecule has 1 saturated carbocycles. The molecule has 0 spiro atoms. The third-order valence-corrected chi connectivity index (χ3v) is 5.00. The summed E-state index contributed by atoms with van der Waals surface area (Å²) in [7, 11) is -3.34. The molecule has 18 heavy (non-hydrogen) atoms. The number of hydrogen-bond donors (Lipinski definition) is 3. The van der Waals surface area contributed by atoms with E-state index in [4.69, 9.17) is 5.14 Å². The summed E-state index contributed by atoms with van der Waals surface area (Å²) in [5, 5.41) is 12.0. The Labute approximate surface area is 110 Å². The molecule has 1 aliphatic carbocycles. The van der Waals surface area contributed by atoms with Gasteiger partial charge in [0, 0.05) is 18.6 Å². The van der Waals surface area contributed by atoms with E-state index in [0.29, 0.717) is 24.5 Å². The second-order valence-electron chi connectivity index (χ2n) is 5.58. The molecule has 0 aromatic rings. The predicted molar refractivity (Wildman–Crippen MR) is 72.7 cm³/mol. The van der Waals surface area contributed by atoms with Crippen molar-refractivity contribution in [2.45, 2.75) is 50.6 Å². The van der Waals surface area contributed by atoms with E-state index >= 15 is 0 Å². The topological polar surface area (TPSA) is 84.2 Å². The first-order chi connectivity index (χ1) is 8.56. The van der Waals surface area contributed by atoms with Crippen molar-refractivity contribution in [3.63, 3.8) is 0 Å². The number of nitrogens with two attached hydrogens (primary N) is 1. The number of hydrogen-bond acceptors (Lipinski definition) is 4. The molecule has 1 saturated heterocycles. The zero-order valence-corrected chi connectivity index (χ0v) is 11.7. The summed E-state index contributed by atoms with van der Waals surface area (Å²) in [6.45, 7) is 1.61. The van der Waals surface area contributed by atoms with E-state index < -0.39 is 10.0 Å². The summed E-state index contributed by atoms with van der Waals surface area (Å²) >= 11 is 0. The number of rotatable bonds is 5. The number of sulfonamides is 1. The van der Waals surface area contributed by atoms with Gasteiger partial charge in [-0.3, -0.25) is 0 Å². The van der Waals surface area contributed by atoms with Crippen molar-refractivity contribution in [2.75, 3.05) is 18.8 Å². The molecule has 3 unspecified atom stereocenters. The van der Waals surface area contributed by atoms with E-state index in [-0.39, 0.29) is 5.75 Å². The van der Waals surface area contributed by atoms with Crippen molar-refractivity contribution in [2.24, 2.45) is 11.1 Å². The molecule has 0 amide bonds. The maximum absolute atomic E-state index is 10.9. The fraction of sp³-hybridized carbons (Fsp3) is 1.00. The average Bonchev–Trinajstić information content (AvgIpc) is 2.77. The van der Waals surface area contributed by atoms with Gasteiger partial charge in [-0.2, -0.15) is 0 Å². The molecule has 2 rings (SSSR count). The van der Waals surface area contributed by atoms with Gasteiger partial charge in [-0.15, -0.1) is 0 Å². The molecule has 2 fully saturated rings. The van der Waals surface area contributed by atoms with Gasteiger partial charge >= 0.3 is 0 Å². The van der Waals surface area contributed by atoms with E-state index in [1.54, 1.807) is 0 Å². The third kappa shape index (κ3) is 4.19. The Morgan fingerprint density at radius 3 is 2.67 bits per heavy atom. The van der Waals surface area contributed by atoms with E-state index in [1.807, 2.05) is 0 Å². The van der Waals surface area contributed by atoms with Gasteiger partial charge in [0.05, 0.1) is 5.75 Å². The van der Waals surface area contributed by atoms with Crippen LogP contribution >= 0.6 is 0 Å². The number of piperidine rings is 1. The molecule has 1 aliphatic heterocycles. The number of nitrogens with one attached hydrogen (secondary N) is 2. The molecule has 0 radical (unpaired) electrons. The largest absolute Gasteiger partial charge is 0.314 e. The third-order valence-electron chi connectivity index (χ3n) is 4.23. The highest BCUT2D eigenvalue weighted by molar-refractivity contribution is 7.89. The van der Waals surface area contributed by atoms with Crippen LogP contribution in [-0.2, 0) is 10.0 Å². The first-order valence-corrected chi connectivity index (χ1v) is 8.75. The highest BCUT2D eigenvalue weighted by atomic mass is 32.2. The van der Waals surface area contributed by atoms with Crippen molar-refractivity contribution in [1.29, 1.82) is 0 Å². The maximum Gasteiger partial charge on any atom is 0.210 e. The molecule has 6 heteroatoms. The van der Waals surface area contributed by atoms with Crippen molar-refractivity contribution < 1.29 is 8.42 Å². The van der Waals surface area contributed by atoms with Gasteiger partial charge in [0.15, 0.2) is 0 Å². The lowest BCUT2D eigenvalue weighted by Gasteiger charge is -2.33. The van der Waals surface area contributed by atoms with Gasteiger partial charge in [0.25, 0.3) is 0 Å². The van der Waals surface area contributed by atoms with Crippen LogP contribution < -0.4 is 15.8 Å². The van der Waals surface area contributed by atoms with Crippen LogP contribution in [0.25, 0.3) is 0 Å². The van der Waals surface area contributed by atoms with Crippen molar-refractivity contribution in [3.05, 3.63) is 0 Å². The molecular weight excluding hydrogens is 250 g/mol. The van der Waals surface area contributed by atoms with Crippen LogP contribution in [0.2, 0.25) is 0 Å². The van der Waals surface area contributed by atoms with Crippen LogP contribution in [0.5, 0.6) is 0 Å². The molecule has 3 atom stereocenters. The molecule has 0 bridgehead atoms. The summed E-state index contributed by atoms with van der Waals surface area (Å²) in [5.41, 5.74) is 0. The lowest BCUT2D eigenvalue weighted by atomic mass is 9.88. The van der Waals surface area contributed by atoms with Crippen LogP contribution in [0.1, 0.15) is 38.5 Å². The quantitative estimate of drug-likeness (QED) is 0.668. The first kappa shape index (κ1) is 14.2. The van der Waals surface area contributed by atoms with E-state index in [1.165, 1.54) is 32.1 Å². The molecular formula is C12H25N3O2S. The fourth-order valence-electron chi connectivity index (χ4n) is 3.35. The van der Waals surface area contributed by atoms with Gasteiger partial charge in [-0.1, -0.05) is 12.8 Å². The first-order valence-electron chi connectivity index (χ1n) is 7.03. The summed E-state index contributed by atoms with van der Waals surface area (Å²) < 4.78 is 21.8. The van der Waals surface area contributed by atoms with Gasteiger partial charge in [-0.05, 0) is 38.1 Å². The van der Waals surface area contributed by atoms with Crippen molar-refractivity contribution in [3.8, 4) is 0 Å². The second-order valence-corrected chi connectivity index (χ2v) is 7.31. The van der Waals surface area contributed by atoms with E-state index in [0.717, 1.165) is 13.0 Å². The molecule has 106 valence electrons. The van der Waals surface area contributed by atoms with Crippen LogP contribution in [0.4, 0.5) is 0 Å². The smallest absolute Gasteiger partial charge is 0.210 e. The maximum atomic E-state index is 10.9. The highest BCUT2D eigenvalue weighted by Gasteiger charge is 2.33. The Hall–Kier alpha value is -0.170. The van der Waals surface area contributed by atoms with Crippen LogP contribution in [0.15, 0.2) is 0 Å². The van der Waals surface area contributed by atoms with Crippen LogP contribution in [0.3, 0.4) is 0 Å². The molecule has 1 heterocycles. The monoisotopic (exact) mass is 275 g/mol. The number of primary sulfonamides is 1. The normalized spacial score (nSPS) is 33.7.